The third-order valence-corrected chi connectivity index (χ3v) is 3.30. The minimum absolute atomic E-state index is 0.0424. The molecule has 1 fully saturated rings. The Morgan fingerprint density at radius 1 is 1.56 bits per heavy atom. The molecule has 0 amide bonds. The molecule has 18 heavy (non-hydrogen) atoms. The summed E-state index contributed by atoms with van der Waals surface area (Å²) in [4.78, 5) is 4.10. The molecule has 1 aliphatic carbocycles. The van der Waals surface area contributed by atoms with Crippen molar-refractivity contribution < 1.29 is 9.84 Å². The fourth-order valence-electron chi connectivity index (χ4n) is 2.08. The summed E-state index contributed by atoms with van der Waals surface area (Å²) < 4.78 is 5.82. The van der Waals surface area contributed by atoms with E-state index in [1.54, 1.807) is 12.4 Å². The first kappa shape index (κ1) is 13.3. The Morgan fingerprint density at radius 3 is 2.94 bits per heavy atom. The molecule has 0 bridgehead atoms. The molecule has 1 heterocycles. The van der Waals surface area contributed by atoms with Gasteiger partial charge in [0.25, 0.3) is 0 Å². The molecular weight excluding hydrogens is 228 g/mol. The van der Waals surface area contributed by atoms with Gasteiger partial charge in [0, 0.05) is 24.0 Å². The number of likely N-dealkylation sites (N-methyl/N-ethyl adjacent to an activating group) is 1. The monoisotopic (exact) mass is 250 g/mol. The number of hydrogen-bond donors (Lipinski definition) is 2. The highest BCUT2D eigenvalue weighted by atomic mass is 16.5. The van der Waals surface area contributed by atoms with Crippen LogP contribution in [0.4, 0.5) is 0 Å². The highest BCUT2D eigenvalue weighted by Crippen LogP contribution is 2.33. The van der Waals surface area contributed by atoms with E-state index in [1.807, 2.05) is 13.1 Å². The van der Waals surface area contributed by atoms with Crippen molar-refractivity contribution in [3.8, 4) is 5.75 Å². The lowest BCUT2D eigenvalue weighted by molar-refractivity contribution is 0.122. The van der Waals surface area contributed by atoms with E-state index < -0.39 is 6.10 Å². The Hall–Kier alpha value is -1.13. The van der Waals surface area contributed by atoms with Gasteiger partial charge in [0.2, 0.25) is 0 Å². The number of aromatic nitrogens is 1. The lowest BCUT2D eigenvalue weighted by Gasteiger charge is -2.23. The van der Waals surface area contributed by atoms with Crippen molar-refractivity contribution in [3.05, 3.63) is 24.0 Å². The summed E-state index contributed by atoms with van der Waals surface area (Å²) >= 11 is 0. The Bertz CT molecular complexity index is 380. The molecule has 2 atom stereocenters. The first-order valence-corrected chi connectivity index (χ1v) is 6.72. The van der Waals surface area contributed by atoms with Crippen molar-refractivity contribution in [1.29, 1.82) is 0 Å². The van der Waals surface area contributed by atoms with Crippen LogP contribution in [0, 0.1) is 0 Å². The number of rotatable bonds is 7. The molecule has 1 aromatic rings. The summed E-state index contributed by atoms with van der Waals surface area (Å²) in [5.74, 6) is 0.774. The van der Waals surface area contributed by atoms with E-state index in [0.29, 0.717) is 6.10 Å². The van der Waals surface area contributed by atoms with Crippen LogP contribution in [-0.4, -0.2) is 29.3 Å². The van der Waals surface area contributed by atoms with Crippen molar-refractivity contribution in [1.82, 2.24) is 10.3 Å². The normalized spacial score (nSPS) is 18.4. The Labute approximate surface area is 108 Å². The van der Waals surface area contributed by atoms with Crippen LogP contribution in [0.15, 0.2) is 18.5 Å². The molecule has 2 N–H and O–H groups in total. The molecule has 4 nitrogen and oxygen atoms in total. The number of pyridine rings is 1. The lowest BCUT2D eigenvalue weighted by Crippen LogP contribution is -2.32. The van der Waals surface area contributed by atoms with Gasteiger partial charge in [0.1, 0.15) is 5.75 Å². The zero-order valence-electron chi connectivity index (χ0n) is 11.1. The molecule has 0 aliphatic heterocycles. The fraction of sp³-hybridized carbons (Fsp3) is 0.643. The number of nitrogens with one attached hydrogen (secondary N) is 1. The quantitative estimate of drug-likeness (QED) is 0.777. The highest BCUT2D eigenvalue weighted by molar-refractivity contribution is 5.33. The minimum atomic E-state index is -0.572. The summed E-state index contributed by atoms with van der Waals surface area (Å²) in [6.45, 7) is 2.11. The maximum Gasteiger partial charge on any atom is 0.128 e. The van der Waals surface area contributed by atoms with Gasteiger partial charge in [-0.3, -0.25) is 4.98 Å². The number of aliphatic hydroxyl groups excluding tert-OH is 1. The maximum atomic E-state index is 10.4. The van der Waals surface area contributed by atoms with E-state index in [1.165, 1.54) is 0 Å². The molecule has 1 aromatic heterocycles. The van der Waals surface area contributed by atoms with Crippen molar-refractivity contribution in [2.45, 2.75) is 50.9 Å². The van der Waals surface area contributed by atoms with Crippen molar-refractivity contribution in [2.75, 3.05) is 7.05 Å². The van der Waals surface area contributed by atoms with Gasteiger partial charge in [-0.15, -0.1) is 0 Å². The second-order valence-electron chi connectivity index (χ2n) is 4.86. The predicted octanol–water partition coefficient (Wildman–Crippen LogP) is 2.04. The second kappa shape index (κ2) is 6.16. The Balaban J connectivity index is 2.13. The van der Waals surface area contributed by atoms with E-state index in [0.717, 1.165) is 37.0 Å². The number of hydrogen-bond acceptors (Lipinski definition) is 4. The molecule has 100 valence electrons. The van der Waals surface area contributed by atoms with Gasteiger partial charge in [0.15, 0.2) is 0 Å². The molecule has 0 spiro atoms. The van der Waals surface area contributed by atoms with Crippen molar-refractivity contribution >= 4 is 0 Å². The van der Waals surface area contributed by atoms with Crippen LogP contribution >= 0.6 is 0 Å². The smallest absolute Gasteiger partial charge is 0.128 e. The third-order valence-electron chi connectivity index (χ3n) is 3.30. The highest BCUT2D eigenvalue weighted by Gasteiger charge is 2.27. The van der Waals surface area contributed by atoms with Crippen LogP contribution in [-0.2, 0) is 0 Å². The van der Waals surface area contributed by atoms with E-state index >= 15 is 0 Å². The van der Waals surface area contributed by atoms with Gasteiger partial charge in [-0.05, 0) is 32.4 Å². The summed E-state index contributed by atoms with van der Waals surface area (Å²) in [6.07, 6.45) is 7.36. The summed E-state index contributed by atoms with van der Waals surface area (Å²) in [7, 11) is 1.88. The standard InChI is InChI=1S/C14H22N2O2/c1-3-4-12(15-2)14(17)11-9-16-8-7-13(11)18-10-5-6-10/h7-10,12,14-15,17H,3-6H2,1-2H3. The largest absolute Gasteiger partial charge is 0.490 e. The van der Waals surface area contributed by atoms with Gasteiger partial charge in [0.05, 0.1) is 12.2 Å². The molecular formula is C14H22N2O2. The number of ether oxygens (including phenoxy) is 1. The molecule has 0 aromatic carbocycles. The topological polar surface area (TPSA) is 54.4 Å². The second-order valence-corrected chi connectivity index (χ2v) is 4.86. The van der Waals surface area contributed by atoms with Gasteiger partial charge in [-0.1, -0.05) is 13.3 Å². The van der Waals surface area contributed by atoms with E-state index in [-0.39, 0.29) is 6.04 Å². The molecule has 4 heteroatoms. The van der Waals surface area contributed by atoms with Gasteiger partial charge in [-0.25, -0.2) is 0 Å². The molecule has 2 unspecified atom stereocenters. The van der Waals surface area contributed by atoms with Crippen LogP contribution in [0.5, 0.6) is 5.75 Å². The van der Waals surface area contributed by atoms with Crippen molar-refractivity contribution in [2.24, 2.45) is 0 Å². The average molecular weight is 250 g/mol. The summed E-state index contributed by atoms with van der Waals surface area (Å²) in [5, 5.41) is 13.6. The van der Waals surface area contributed by atoms with Gasteiger partial charge >= 0.3 is 0 Å². The molecule has 0 radical (unpaired) electrons. The van der Waals surface area contributed by atoms with Crippen LogP contribution in [0.3, 0.4) is 0 Å². The van der Waals surface area contributed by atoms with Crippen LogP contribution in [0.25, 0.3) is 0 Å². The lowest BCUT2D eigenvalue weighted by atomic mass is 9.99. The summed E-state index contributed by atoms with van der Waals surface area (Å²) in [5.41, 5.74) is 0.789. The minimum Gasteiger partial charge on any atom is -0.490 e. The van der Waals surface area contributed by atoms with Crippen LogP contribution < -0.4 is 10.1 Å². The Morgan fingerprint density at radius 2 is 2.33 bits per heavy atom. The third kappa shape index (κ3) is 3.21. The summed E-state index contributed by atoms with van der Waals surface area (Å²) in [6, 6.07) is 1.89. The first-order chi connectivity index (χ1) is 8.76. The number of aliphatic hydroxyl groups is 1. The molecule has 1 aliphatic rings. The van der Waals surface area contributed by atoms with E-state index in [2.05, 4.69) is 17.2 Å². The Kier molecular flexibility index (Phi) is 4.55. The SMILES string of the molecule is CCCC(NC)C(O)c1cnccc1OC1CC1. The zero-order valence-corrected chi connectivity index (χ0v) is 11.1. The van der Waals surface area contributed by atoms with Gasteiger partial charge in [-0.2, -0.15) is 0 Å². The van der Waals surface area contributed by atoms with Crippen molar-refractivity contribution in [3.63, 3.8) is 0 Å². The molecule has 1 saturated carbocycles. The first-order valence-electron chi connectivity index (χ1n) is 6.72. The van der Waals surface area contributed by atoms with Gasteiger partial charge < -0.3 is 15.2 Å². The zero-order chi connectivity index (χ0) is 13.0. The van der Waals surface area contributed by atoms with Crippen LogP contribution in [0.2, 0.25) is 0 Å². The van der Waals surface area contributed by atoms with Crippen LogP contribution in [0.1, 0.15) is 44.3 Å². The number of nitrogens with zero attached hydrogens (tertiary/aromatic N) is 1. The maximum absolute atomic E-state index is 10.4. The molecule has 2 rings (SSSR count). The van der Waals surface area contributed by atoms with E-state index in [9.17, 15) is 5.11 Å². The predicted molar refractivity (Wildman–Crippen MR) is 70.6 cm³/mol. The average Bonchev–Trinajstić information content (AvgIpc) is 3.20. The molecule has 0 saturated heterocycles. The fourth-order valence-corrected chi connectivity index (χ4v) is 2.08. The van der Waals surface area contributed by atoms with E-state index in [4.69, 9.17) is 4.74 Å².